The van der Waals surface area contributed by atoms with Gasteiger partial charge < -0.3 is 14.6 Å². The number of ether oxygens (including phenoxy) is 1. The van der Waals surface area contributed by atoms with E-state index in [1.165, 1.54) is 45.6 Å². The number of aryl methyl sites for hydroxylation is 1. The highest BCUT2D eigenvalue weighted by Gasteiger charge is 2.23. The summed E-state index contributed by atoms with van der Waals surface area (Å²) in [6.07, 6.45) is 12.9. The number of carbonyl (C=O) groups is 2. The summed E-state index contributed by atoms with van der Waals surface area (Å²) < 4.78 is 6.63. The van der Waals surface area contributed by atoms with E-state index in [1.54, 1.807) is 6.33 Å². The lowest BCUT2D eigenvalue weighted by atomic mass is 9.95. The van der Waals surface area contributed by atoms with E-state index in [9.17, 15) is 9.59 Å². The van der Waals surface area contributed by atoms with Crippen molar-refractivity contribution in [2.75, 3.05) is 7.11 Å². The maximum absolute atomic E-state index is 12.3. The number of carbonyl (C=O) groups excluding carboxylic acids is 2. The molecule has 1 aliphatic carbocycles. The van der Waals surface area contributed by atoms with Gasteiger partial charge in [0.2, 0.25) is 5.91 Å². The zero-order valence-electron chi connectivity index (χ0n) is 14.8. The van der Waals surface area contributed by atoms with Gasteiger partial charge in [0, 0.05) is 26.1 Å². The van der Waals surface area contributed by atoms with Crippen LogP contribution in [0.2, 0.25) is 0 Å². The standard InChI is InChI=1S/C18H29N3O3/c1-21-12-15(19-13-21)11-16(18(23)24-2)20-17(22)10-9-14-7-5-3-4-6-8-14/h12-14,16H,3-11H2,1-2H3,(H,20,22)/t16-/m0/s1. The monoisotopic (exact) mass is 335 g/mol. The summed E-state index contributed by atoms with van der Waals surface area (Å²) in [7, 11) is 3.21. The molecule has 0 saturated heterocycles. The average Bonchev–Trinajstić information content (AvgIpc) is 2.82. The van der Waals surface area contributed by atoms with Gasteiger partial charge in [-0.1, -0.05) is 38.5 Å². The van der Waals surface area contributed by atoms with E-state index in [0.29, 0.717) is 18.8 Å². The highest BCUT2D eigenvalue weighted by Crippen LogP contribution is 2.26. The molecule has 134 valence electrons. The molecular formula is C18H29N3O3. The highest BCUT2D eigenvalue weighted by atomic mass is 16.5. The van der Waals surface area contributed by atoms with E-state index in [2.05, 4.69) is 10.3 Å². The minimum atomic E-state index is -0.675. The number of imidazole rings is 1. The molecule has 0 bridgehead atoms. The molecule has 2 rings (SSSR count). The van der Waals surface area contributed by atoms with Crippen LogP contribution in [0.1, 0.15) is 57.1 Å². The Balaban J connectivity index is 1.83. The molecule has 1 N–H and O–H groups in total. The molecule has 1 aromatic heterocycles. The van der Waals surface area contributed by atoms with Gasteiger partial charge in [0.05, 0.1) is 19.1 Å². The van der Waals surface area contributed by atoms with Gasteiger partial charge in [0.25, 0.3) is 0 Å². The lowest BCUT2D eigenvalue weighted by Crippen LogP contribution is -2.43. The summed E-state index contributed by atoms with van der Waals surface area (Å²) >= 11 is 0. The van der Waals surface area contributed by atoms with Crippen molar-refractivity contribution in [3.63, 3.8) is 0 Å². The van der Waals surface area contributed by atoms with Crippen LogP contribution < -0.4 is 5.32 Å². The number of methoxy groups -OCH3 is 1. The summed E-state index contributed by atoms with van der Waals surface area (Å²) in [4.78, 5) is 28.4. The molecule has 0 radical (unpaired) electrons. The largest absolute Gasteiger partial charge is 0.467 e. The molecule has 0 unspecified atom stereocenters. The van der Waals surface area contributed by atoms with Crippen molar-refractivity contribution in [1.82, 2.24) is 14.9 Å². The first-order chi connectivity index (χ1) is 11.6. The van der Waals surface area contributed by atoms with Crippen LogP contribution in [-0.4, -0.2) is 34.6 Å². The van der Waals surface area contributed by atoms with Crippen LogP contribution in [0, 0.1) is 5.92 Å². The summed E-state index contributed by atoms with van der Waals surface area (Å²) in [5.41, 5.74) is 0.761. The van der Waals surface area contributed by atoms with Crippen LogP contribution in [0.3, 0.4) is 0 Å². The second kappa shape index (κ2) is 9.45. The van der Waals surface area contributed by atoms with Crippen molar-refractivity contribution in [2.45, 2.75) is 63.8 Å². The maximum Gasteiger partial charge on any atom is 0.328 e. The van der Waals surface area contributed by atoms with E-state index in [1.807, 2.05) is 17.8 Å². The van der Waals surface area contributed by atoms with Crippen LogP contribution in [0.15, 0.2) is 12.5 Å². The summed E-state index contributed by atoms with van der Waals surface area (Å²) in [5, 5.41) is 2.82. The van der Waals surface area contributed by atoms with Crippen molar-refractivity contribution in [2.24, 2.45) is 13.0 Å². The SMILES string of the molecule is COC(=O)[C@H](Cc1cn(C)cn1)NC(=O)CCC1CCCCCC1. The second-order valence-corrected chi connectivity index (χ2v) is 6.77. The Labute approximate surface area is 144 Å². The lowest BCUT2D eigenvalue weighted by molar-refractivity contribution is -0.145. The molecule has 0 spiro atoms. The fourth-order valence-electron chi connectivity index (χ4n) is 3.37. The highest BCUT2D eigenvalue weighted by molar-refractivity contribution is 5.84. The predicted octanol–water partition coefficient (Wildman–Crippen LogP) is 2.37. The quantitative estimate of drug-likeness (QED) is 0.613. The topological polar surface area (TPSA) is 73.2 Å². The maximum atomic E-state index is 12.3. The fourth-order valence-corrected chi connectivity index (χ4v) is 3.37. The number of nitrogens with one attached hydrogen (secondary N) is 1. The number of amides is 1. The van der Waals surface area contributed by atoms with Crippen LogP contribution in [0.5, 0.6) is 0 Å². The molecule has 1 saturated carbocycles. The molecule has 24 heavy (non-hydrogen) atoms. The molecule has 6 nitrogen and oxygen atoms in total. The van der Waals surface area contributed by atoms with Gasteiger partial charge in [-0.25, -0.2) is 9.78 Å². The van der Waals surface area contributed by atoms with E-state index < -0.39 is 12.0 Å². The van der Waals surface area contributed by atoms with Crippen LogP contribution in [0.25, 0.3) is 0 Å². The number of hydrogen-bond donors (Lipinski definition) is 1. The van der Waals surface area contributed by atoms with Crippen molar-refractivity contribution in [1.29, 1.82) is 0 Å². The Hall–Kier alpha value is -1.85. The number of esters is 1. The molecule has 6 heteroatoms. The molecule has 1 atom stereocenters. The van der Waals surface area contributed by atoms with Crippen LogP contribution in [-0.2, 0) is 27.8 Å². The van der Waals surface area contributed by atoms with Crippen molar-refractivity contribution in [3.05, 3.63) is 18.2 Å². The first-order valence-corrected chi connectivity index (χ1v) is 8.92. The first kappa shape index (κ1) is 18.5. The first-order valence-electron chi connectivity index (χ1n) is 8.92. The van der Waals surface area contributed by atoms with Gasteiger partial charge in [-0.3, -0.25) is 4.79 Å². The average molecular weight is 335 g/mol. The zero-order valence-corrected chi connectivity index (χ0v) is 14.8. The molecule has 1 amide bonds. The molecule has 1 aromatic rings. The lowest BCUT2D eigenvalue weighted by Gasteiger charge is -2.17. The molecule has 1 aliphatic rings. The van der Waals surface area contributed by atoms with Gasteiger partial charge in [0.15, 0.2) is 0 Å². The van der Waals surface area contributed by atoms with Gasteiger partial charge in [-0.05, 0) is 12.3 Å². The minimum absolute atomic E-state index is 0.0782. The van der Waals surface area contributed by atoms with E-state index in [0.717, 1.165) is 12.1 Å². The van der Waals surface area contributed by atoms with E-state index in [-0.39, 0.29) is 5.91 Å². The van der Waals surface area contributed by atoms with Crippen molar-refractivity contribution < 1.29 is 14.3 Å². The summed E-state index contributed by atoms with van der Waals surface area (Å²) in [6, 6.07) is -0.675. The van der Waals surface area contributed by atoms with Crippen LogP contribution in [0.4, 0.5) is 0 Å². The van der Waals surface area contributed by atoms with Gasteiger partial charge in [-0.2, -0.15) is 0 Å². The Morgan fingerprint density at radius 1 is 1.33 bits per heavy atom. The molecule has 1 heterocycles. The van der Waals surface area contributed by atoms with Gasteiger partial charge in [-0.15, -0.1) is 0 Å². The number of nitrogens with zero attached hydrogens (tertiary/aromatic N) is 2. The smallest absolute Gasteiger partial charge is 0.328 e. The Bertz CT molecular complexity index is 533. The summed E-state index contributed by atoms with van der Waals surface area (Å²) in [6.45, 7) is 0. The molecule has 1 fully saturated rings. The molecule has 0 aromatic carbocycles. The van der Waals surface area contributed by atoms with Gasteiger partial charge in [0.1, 0.15) is 6.04 Å². The molecular weight excluding hydrogens is 306 g/mol. The fraction of sp³-hybridized carbons (Fsp3) is 0.722. The van der Waals surface area contributed by atoms with Gasteiger partial charge >= 0.3 is 5.97 Å². The molecule has 0 aliphatic heterocycles. The van der Waals surface area contributed by atoms with E-state index in [4.69, 9.17) is 4.74 Å². The Morgan fingerprint density at radius 2 is 2.04 bits per heavy atom. The number of hydrogen-bond acceptors (Lipinski definition) is 4. The zero-order chi connectivity index (χ0) is 17.4. The van der Waals surface area contributed by atoms with Crippen molar-refractivity contribution in [3.8, 4) is 0 Å². The minimum Gasteiger partial charge on any atom is -0.467 e. The summed E-state index contributed by atoms with van der Waals surface area (Å²) in [5.74, 6) is 0.139. The third-order valence-corrected chi connectivity index (χ3v) is 4.75. The third-order valence-electron chi connectivity index (χ3n) is 4.75. The Morgan fingerprint density at radius 3 is 2.62 bits per heavy atom. The number of rotatable bonds is 7. The van der Waals surface area contributed by atoms with Crippen molar-refractivity contribution >= 4 is 11.9 Å². The van der Waals surface area contributed by atoms with E-state index >= 15 is 0 Å². The third kappa shape index (κ3) is 5.98. The van der Waals surface area contributed by atoms with Crippen LogP contribution >= 0.6 is 0 Å². The normalized spacial score (nSPS) is 17.1. The second-order valence-electron chi connectivity index (χ2n) is 6.77. The number of aromatic nitrogens is 2. The predicted molar refractivity (Wildman–Crippen MR) is 91.3 cm³/mol. The Kier molecular flexibility index (Phi) is 7.28.